The van der Waals surface area contributed by atoms with Crippen molar-refractivity contribution in [3.63, 3.8) is 0 Å². The summed E-state index contributed by atoms with van der Waals surface area (Å²) in [5.41, 5.74) is 5.31. The molecule has 0 spiro atoms. The van der Waals surface area contributed by atoms with E-state index in [1.54, 1.807) is 6.08 Å². The predicted octanol–water partition coefficient (Wildman–Crippen LogP) is 8.91. The number of allylic oxidation sites excluding steroid dienone is 13. The summed E-state index contributed by atoms with van der Waals surface area (Å²) in [5, 5.41) is 19.0. The maximum Gasteiger partial charge on any atom is 0.472 e. The number of carboxylic acids is 1. The summed E-state index contributed by atoms with van der Waals surface area (Å²) in [6, 6.07) is -1.55. The molecule has 0 aliphatic carbocycles. The van der Waals surface area contributed by atoms with Crippen LogP contribution in [-0.2, 0) is 37.5 Å². The molecule has 0 aromatic rings. The predicted molar refractivity (Wildman–Crippen MR) is 218 cm³/mol. The van der Waals surface area contributed by atoms with Crippen molar-refractivity contribution < 1.29 is 52.6 Å². The molecule has 0 amide bonds. The van der Waals surface area contributed by atoms with Gasteiger partial charge in [-0.05, 0) is 70.6 Å². The molecule has 12 nitrogen and oxygen atoms in total. The van der Waals surface area contributed by atoms with Crippen molar-refractivity contribution in [2.24, 2.45) is 5.73 Å². The van der Waals surface area contributed by atoms with E-state index in [9.17, 15) is 28.9 Å². The van der Waals surface area contributed by atoms with Crippen LogP contribution in [0.2, 0.25) is 0 Å². The number of phosphoric acid groups is 1. The molecule has 312 valence electrons. The minimum Gasteiger partial charge on any atom is -0.480 e. The molecule has 0 aromatic heterocycles. The van der Waals surface area contributed by atoms with Gasteiger partial charge >= 0.3 is 25.7 Å². The highest BCUT2D eigenvalue weighted by Gasteiger charge is 2.28. The average molecular weight is 794 g/mol. The number of esters is 2. The van der Waals surface area contributed by atoms with Crippen molar-refractivity contribution in [2.75, 3.05) is 19.8 Å². The quantitative estimate of drug-likeness (QED) is 0.0157. The summed E-state index contributed by atoms with van der Waals surface area (Å²) < 4.78 is 32.5. The fourth-order valence-electron chi connectivity index (χ4n) is 4.65. The average Bonchev–Trinajstić information content (AvgIpc) is 3.15. The smallest absolute Gasteiger partial charge is 0.472 e. The van der Waals surface area contributed by atoms with Crippen molar-refractivity contribution in [2.45, 2.75) is 141 Å². The number of carbonyl (C=O) groups excluding carboxylic acids is 2. The molecule has 4 atom stereocenters. The number of unbranched alkanes of at least 4 members (excludes halogenated alkanes) is 6. The van der Waals surface area contributed by atoms with Gasteiger partial charge in [0.1, 0.15) is 12.6 Å². The second-order valence-electron chi connectivity index (χ2n) is 12.8. The molecule has 5 N–H and O–H groups in total. The number of nitrogens with two attached hydrogens (primary N) is 1. The highest BCUT2D eigenvalue weighted by Crippen LogP contribution is 2.43. The number of aliphatic hydroxyl groups is 1. The van der Waals surface area contributed by atoms with Gasteiger partial charge in [0.15, 0.2) is 6.10 Å². The Kier molecular flexibility index (Phi) is 34.0. The Morgan fingerprint density at radius 3 is 1.82 bits per heavy atom. The van der Waals surface area contributed by atoms with Crippen LogP contribution in [0.3, 0.4) is 0 Å². The Hall–Kier alpha value is -3.38. The third kappa shape index (κ3) is 36.0. The van der Waals surface area contributed by atoms with Crippen LogP contribution >= 0.6 is 7.82 Å². The number of carbonyl (C=O) groups is 3. The number of hydrogen-bond donors (Lipinski definition) is 4. The van der Waals surface area contributed by atoms with Gasteiger partial charge in [0.05, 0.1) is 19.3 Å². The van der Waals surface area contributed by atoms with Crippen LogP contribution in [0.15, 0.2) is 85.1 Å². The molecule has 2 unspecified atom stereocenters. The molecule has 0 bridgehead atoms. The molecule has 0 saturated heterocycles. The summed E-state index contributed by atoms with van der Waals surface area (Å²) in [6.45, 7) is 2.38. The molecule has 13 heteroatoms. The van der Waals surface area contributed by atoms with Crippen LogP contribution in [0.4, 0.5) is 0 Å². The first-order chi connectivity index (χ1) is 26.5. The fraction of sp³-hybridized carbons (Fsp3) is 0.595. The third-order valence-corrected chi connectivity index (χ3v) is 8.69. The van der Waals surface area contributed by atoms with Crippen LogP contribution in [0.1, 0.15) is 123 Å². The van der Waals surface area contributed by atoms with Gasteiger partial charge in [0, 0.05) is 12.8 Å². The SMILES string of the molecule is CC/C=C\C/C=C\C/C=C\C/C=C\CCCCC(=O)O[C@H](COC(=O)CCCCCCCC(O)/C=C/C=C/C/C=C/CC)COP(=O)(O)OC[C@H](N)C(=O)O. The molecule has 0 aliphatic rings. The van der Waals surface area contributed by atoms with Crippen molar-refractivity contribution in [3.05, 3.63) is 85.1 Å². The van der Waals surface area contributed by atoms with Gasteiger partial charge in [-0.25, -0.2) is 4.57 Å². The number of aliphatic carboxylic acids is 1. The first kappa shape index (κ1) is 51.6. The Bertz CT molecular complexity index is 1270. The van der Waals surface area contributed by atoms with Gasteiger partial charge < -0.3 is 30.3 Å². The number of ether oxygens (including phenoxy) is 2. The van der Waals surface area contributed by atoms with E-state index < -0.39 is 63.8 Å². The maximum absolute atomic E-state index is 12.6. The lowest BCUT2D eigenvalue weighted by Crippen LogP contribution is -2.34. The van der Waals surface area contributed by atoms with Gasteiger partial charge in [-0.15, -0.1) is 0 Å². The van der Waals surface area contributed by atoms with Crippen LogP contribution in [0.5, 0.6) is 0 Å². The van der Waals surface area contributed by atoms with E-state index in [-0.39, 0.29) is 12.8 Å². The molecule has 0 radical (unpaired) electrons. The largest absolute Gasteiger partial charge is 0.480 e. The second-order valence-corrected chi connectivity index (χ2v) is 14.3. The number of aliphatic hydroxyl groups excluding tert-OH is 1. The first-order valence-corrected chi connectivity index (χ1v) is 21.2. The fourth-order valence-corrected chi connectivity index (χ4v) is 5.43. The monoisotopic (exact) mass is 793 g/mol. The third-order valence-electron chi connectivity index (χ3n) is 7.74. The number of carboxylic acid groups (broad SMARTS) is 1. The maximum atomic E-state index is 12.6. The second kappa shape index (κ2) is 36.3. The van der Waals surface area contributed by atoms with E-state index >= 15 is 0 Å². The van der Waals surface area contributed by atoms with Crippen molar-refractivity contribution in [1.82, 2.24) is 0 Å². The Morgan fingerprint density at radius 2 is 1.18 bits per heavy atom. The molecule has 0 rings (SSSR count). The van der Waals surface area contributed by atoms with Crippen LogP contribution in [0, 0.1) is 0 Å². The zero-order valence-electron chi connectivity index (χ0n) is 33.1. The molecular weight excluding hydrogens is 725 g/mol. The van der Waals surface area contributed by atoms with Gasteiger partial charge in [0.2, 0.25) is 0 Å². The number of phosphoric ester groups is 1. The van der Waals surface area contributed by atoms with E-state index in [1.165, 1.54) is 0 Å². The van der Waals surface area contributed by atoms with E-state index in [1.807, 2.05) is 18.2 Å². The van der Waals surface area contributed by atoms with Gasteiger partial charge in [-0.2, -0.15) is 0 Å². The normalized spacial score (nSPS) is 15.3. The summed E-state index contributed by atoms with van der Waals surface area (Å²) in [5.74, 6) is -2.54. The van der Waals surface area contributed by atoms with Gasteiger partial charge in [-0.1, -0.05) is 125 Å². The molecule has 0 aliphatic heterocycles. The Labute approximate surface area is 329 Å². The standard InChI is InChI=1S/C42H68NO11P/c1-3-5-7-9-11-12-13-14-15-16-17-18-20-24-29-33-41(46)54-38(35-52-55(49,50)53-36-39(43)42(47)48)34-51-40(45)32-28-25-21-23-27-31-37(44)30-26-22-19-10-8-6-4-2/h5-8,11-12,14-15,17-19,22,26,30,37-39,44H,3-4,9-10,13,16,20-21,23-25,27-29,31-36,43H2,1-2H3,(H,47,48)(H,49,50)/b7-5-,8-6+,12-11-,15-14-,18-17-,22-19+,30-26+/t37?,38-,39+/m1/s1. The van der Waals surface area contributed by atoms with Crippen LogP contribution in [0.25, 0.3) is 0 Å². The van der Waals surface area contributed by atoms with Gasteiger partial charge in [-0.3, -0.25) is 23.4 Å². The lowest BCUT2D eigenvalue weighted by molar-refractivity contribution is -0.161. The Morgan fingerprint density at radius 1 is 0.655 bits per heavy atom. The summed E-state index contributed by atoms with van der Waals surface area (Å²) in [7, 11) is -4.75. The van der Waals surface area contributed by atoms with Crippen LogP contribution < -0.4 is 5.73 Å². The van der Waals surface area contributed by atoms with E-state index in [0.717, 1.165) is 77.0 Å². The Balaban J connectivity index is 4.60. The minimum atomic E-state index is -4.75. The van der Waals surface area contributed by atoms with Crippen molar-refractivity contribution >= 4 is 25.7 Å². The van der Waals surface area contributed by atoms with E-state index in [4.69, 9.17) is 24.8 Å². The zero-order valence-corrected chi connectivity index (χ0v) is 34.0. The summed E-state index contributed by atoms with van der Waals surface area (Å²) in [4.78, 5) is 45.8. The van der Waals surface area contributed by atoms with Crippen LogP contribution in [-0.4, -0.2) is 71.1 Å². The number of hydrogen-bond acceptors (Lipinski definition) is 10. The molecule has 55 heavy (non-hydrogen) atoms. The highest BCUT2D eigenvalue weighted by atomic mass is 31.2. The zero-order chi connectivity index (χ0) is 40.8. The van der Waals surface area contributed by atoms with Crippen molar-refractivity contribution in [1.29, 1.82) is 0 Å². The molecule has 0 heterocycles. The number of rotatable bonds is 35. The lowest BCUT2D eigenvalue weighted by Gasteiger charge is -2.20. The highest BCUT2D eigenvalue weighted by molar-refractivity contribution is 7.47. The van der Waals surface area contributed by atoms with E-state index in [0.29, 0.717) is 19.3 Å². The molecular formula is C42H68NO11P. The minimum absolute atomic E-state index is 0.0834. The topological polar surface area (TPSA) is 192 Å². The van der Waals surface area contributed by atoms with Crippen molar-refractivity contribution in [3.8, 4) is 0 Å². The lowest BCUT2D eigenvalue weighted by atomic mass is 10.1. The van der Waals surface area contributed by atoms with Gasteiger partial charge in [0.25, 0.3) is 0 Å². The molecule has 0 fully saturated rings. The first-order valence-electron chi connectivity index (χ1n) is 19.7. The molecule has 0 saturated carbocycles. The summed E-state index contributed by atoms with van der Waals surface area (Å²) in [6.07, 6.45) is 39.7. The summed E-state index contributed by atoms with van der Waals surface area (Å²) >= 11 is 0. The van der Waals surface area contributed by atoms with E-state index in [2.05, 4.69) is 79.1 Å². The molecule has 0 aromatic carbocycles.